The minimum absolute atomic E-state index is 0. The third-order valence-electron chi connectivity index (χ3n) is 3.87. The Morgan fingerprint density at radius 3 is 2.57 bits per heavy atom. The van der Waals surface area contributed by atoms with Crippen molar-refractivity contribution in [3.63, 3.8) is 0 Å². The predicted octanol–water partition coefficient (Wildman–Crippen LogP) is 3.27. The van der Waals surface area contributed by atoms with Gasteiger partial charge in [-0.05, 0) is 44.4 Å². The lowest BCUT2D eigenvalue weighted by molar-refractivity contribution is 0.103. The molecule has 2 aromatic carbocycles. The Kier molecular flexibility index (Phi) is 7.26. The summed E-state index contributed by atoms with van der Waals surface area (Å²) < 4.78 is 15.6. The van der Waals surface area contributed by atoms with Crippen molar-refractivity contribution in [3.05, 3.63) is 76.1 Å². The van der Waals surface area contributed by atoms with Gasteiger partial charge in [-0.25, -0.2) is 14.1 Å². The lowest BCUT2D eigenvalue weighted by Crippen LogP contribution is -2.17. The molecule has 3 rings (SSSR count). The minimum Gasteiger partial charge on any atom is -0.388 e. The number of nitrogens with zero attached hydrogens (tertiary/aromatic N) is 4. The maximum absolute atomic E-state index is 14.1. The molecule has 28 heavy (non-hydrogen) atoms. The second kappa shape index (κ2) is 9.25. The fourth-order valence-corrected chi connectivity index (χ4v) is 2.87. The monoisotopic (exact) mass is 424 g/mol. The summed E-state index contributed by atoms with van der Waals surface area (Å²) in [6, 6.07) is 10.5. The first kappa shape index (κ1) is 22.0. The van der Waals surface area contributed by atoms with Gasteiger partial charge < -0.3 is 10.0 Å². The second-order valence-electron chi connectivity index (χ2n) is 6.22. The first-order valence-corrected chi connectivity index (χ1v) is 8.58. The summed E-state index contributed by atoms with van der Waals surface area (Å²) in [5, 5.41) is 14.0. The Labute approximate surface area is 173 Å². The van der Waals surface area contributed by atoms with E-state index in [4.69, 9.17) is 11.6 Å². The number of carbonyl (C=O) groups is 1. The molecule has 0 atom stereocenters. The summed E-state index contributed by atoms with van der Waals surface area (Å²) >= 11 is 6.09. The minimum atomic E-state index is -0.614. The zero-order valence-corrected chi connectivity index (χ0v) is 16.8. The molecule has 0 aliphatic rings. The summed E-state index contributed by atoms with van der Waals surface area (Å²) in [5.74, 6) is -0.362. The third-order valence-corrected chi connectivity index (χ3v) is 4.10. The topological polar surface area (TPSA) is 71.2 Å². The van der Waals surface area contributed by atoms with Crippen LogP contribution in [0, 0.1) is 5.82 Å². The van der Waals surface area contributed by atoms with Gasteiger partial charge >= 0.3 is 0 Å². The van der Waals surface area contributed by atoms with Crippen LogP contribution < -0.4 is 0 Å². The Morgan fingerprint density at radius 1 is 1.21 bits per heavy atom. The molecule has 1 N–H and O–H groups in total. The number of hydrogen-bond acceptors (Lipinski definition) is 5. The van der Waals surface area contributed by atoms with Gasteiger partial charge in [0, 0.05) is 10.6 Å². The maximum Gasteiger partial charge on any atom is 0.198 e. The number of ketones is 1. The van der Waals surface area contributed by atoms with Crippen LogP contribution in [0.15, 0.2) is 42.5 Å². The molecule has 0 aliphatic carbocycles. The van der Waals surface area contributed by atoms with Crippen LogP contribution in [0.2, 0.25) is 5.02 Å². The first-order chi connectivity index (χ1) is 12.9. The molecule has 1 heterocycles. The number of benzene rings is 2. The molecular formula is C19H19Cl2FN4O2. The smallest absolute Gasteiger partial charge is 0.198 e. The van der Waals surface area contributed by atoms with Gasteiger partial charge in [-0.2, -0.15) is 0 Å². The van der Waals surface area contributed by atoms with Crippen molar-refractivity contribution in [2.24, 2.45) is 0 Å². The van der Waals surface area contributed by atoms with Gasteiger partial charge in [0.15, 0.2) is 11.6 Å². The van der Waals surface area contributed by atoms with E-state index < -0.39 is 11.6 Å². The number of carbonyl (C=O) groups excluding carboxylic acids is 1. The maximum atomic E-state index is 14.1. The van der Waals surface area contributed by atoms with Crippen LogP contribution in [0.1, 0.15) is 27.6 Å². The van der Waals surface area contributed by atoms with Gasteiger partial charge in [0.1, 0.15) is 18.2 Å². The Bertz CT molecular complexity index is 992. The summed E-state index contributed by atoms with van der Waals surface area (Å²) in [6.45, 7) is 0.0978. The summed E-state index contributed by atoms with van der Waals surface area (Å²) in [5.41, 5.74) is 0.552. The third kappa shape index (κ3) is 4.56. The summed E-state index contributed by atoms with van der Waals surface area (Å²) in [4.78, 5) is 19.2. The Balaban J connectivity index is 0.00000280. The molecular weight excluding hydrogens is 406 g/mol. The van der Waals surface area contributed by atoms with Crippen LogP contribution in [0.25, 0.3) is 5.69 Å². The average molecular weight is 425 g/mol. The molecule has 0 spiro atoms. The molecule has 1 aromatic heterocycles. The summed E-state index contributed by atoms with van der Waals surface area (Å²) in [7, 11) is 3.73. The number of rotatable bonds is 6. The van der Waals surface area contributed by atoms with Gasteiger partial charge in [0.25, 0.3) is 0 Å². The molecule has 3 aromatic rings. The highest BCUT2D eigenvalue weighted by Gasteiger charge is 2.21. The molecule has 0 fully saturated rings. The molecule has 6 nitrogen and oxygen atoms in total. The highest BCUT2D eigenvalue weighted by molar-refractivity contribution is 6.31. The standard InChI is InChI=1S/C19H18ClFN4O2.ClH/c1-24(2)10-18-22-17(11-26)23-25(18)16-8-7-12(20)9-14(16)19(27)13-5-3-4-6-15(13)21;/h3-9,26H,10-11H2,1-2H3;1H. The molecule has 148 valence electrons. The van der Waals surface area contributed by atoms with Crippen LogP contribution in [-0.4, -0.2) is 44.6 Å². The van der Waals surface area contributed by atoms with E-state index in [-0.39, 0.29) is 36.0 Å². The van der Waals surface area contributed by atoms with Gasteiger partial charge in [-0.15, -0.1) is 17.5 Å². The van der Waals surface area contributed by atoms with Crippen molar-refractivity contribution in [1.29, 1.82) is 0 Å². The van der Waals surface area contributed by atoms with Gasteiger partial charge in [-0.3, -0.25) is 4.79 Å². The van der Waals surface area contributed by atoms with Crippen molar-refractivity contribution < 1.29 is 14.3 Å². The van der Waals surface area contributed by atoms with E-state index in [0.717, 1.165) is 0 Å². The normalized spacial score (nSPS) is 10.8. The number of hydrogen-bond donors (Lipinski definition) is 1. The van der Waals surface area contributed by atoms with E-state index in [9.17, 15) is 14.3 Å². The lowest BCUT2D eigenvalue weighted by atomic mass is 10.0. The predicted molar refractivity (Wildman–Crippen MR) is 107 cm³/mol. The highest BCUT2D eigenvalue weighted by atomic mass is 35.5. The SMILES string of the molecule is CN(C)Cc1nc(CO)nn1-c1ccc(Cl)cc1C(=O)c1ccccc1F.Cl. The van der Waals surface area contributed by atoms with Crippen LogP contribution in [-0.2, 0) is 13.2 Å². The van der Waals surface area contributed by atoms with Gasteiger partial charge in [0.05, 0.1) is 17.8 Å². The lowest BCUT2D eigenvalue weighted by Gasteiger charge is -2.14. The van der Waals surface area contributed by atoms with Crippen LogP contribution in [0.5, 0.6) is 0 Å². The molecule has 0 radical (unpaired) electrons. The Hall–Kier alpha value is -2.32. The fraction of sp³-hybridized carbons (Fsp3) is 0.211. The van der Waals surface area contributed by atoms with E-state index in [2.05, 4.69) is 10.1 Å². The number of aliphatic hydroxyl groups is 1. The molecule has 0 aliphatic heterocycles. The fourth-order valence-electron chi connectivity index (χ4n) is 2.70. The average Bonchev–Trinajstić information content (AvgIpc) is 3.03. The quantitative estimate of drug-likeness (QED) is 0.614. The largest absolute Gasteiger partial charge is 0.388 e. The van der Waals surface area contributed by atoms with Crippen molar-refractivity contribution in [2.45, 2.75) is 13.2 Å². The molecule has 0 bridgehead atoms. The zero-order chi connectivity index (χ0) is 19.6. The Morgan fingerprint density at radius 2 is 1.93 bits per heavy atom. The van der Waals surface area contributed by atoms with Gasteiger partial charge in [-0.1, -0.05) is 23.7 Å². The molecule has 0 unspecified atom stereocenters. The highest BCUT2D eigenvalue weighted by Crippen LogP contribution is 2.24. The van der Waals surface area contributed by atoms with E-state index >= 15 is 0 Å². The molecule has 0 saturated carbocycles. The second-order valence-corrected chi connectivity index (χ2v) is 6.66. The molecule has 9 heteroatoms. The van der Waals surface area contributed by atoms with E-state index in [1.54, 1.807) is 18.2 Å². The number of aliphatic hydroxyl groups excluding tert-OH is 1. The zero-order valence-electron chi connectivity index (χ0n) is 15.3. The van der Waals surface area contributed by atoms with Crippen molar-refractivity contribution >= 4 is 29.8 Å². The van der Waals surface area contributed by atoms with Crippen LogP contribution in [0.4, 0.5) is 4.39 Å². The van der Waals surface area contributed by atoms with Crippen LogP contribution in [0.3, 0.4) is 0 Å². The van der Waals surface area contributed by atoms with Crippen molar-refractivity contribution in [2.75, 3.05) is 14.1 Å². The van der Waals surface area contributed by atoms with Crippen molar-refractivity contribution in [1.82, 2.24) is 19.7 Å². The van der Waals surface area contributed by atoms with E-state index in [1.807, 2.05) is 19.0 Å². The van der Waals surface area contributed by atoms with E-state index in [1.165, 1.54) is 28.9 Å². The van der Waals surface area contributed by atoms with Crippen molar-refractivity contribution in [3.8, 4) is 5.69 Å². The van der Waals surface area contributed by atoms with Crippen LogP contribution >= 0.6 is 24.0 Å². The first-order valence-electron chi connectivity index (χ1n) is 8.20. The number of aromatic nitrogens is 3. The van der Waals surface area contributed by atoms with Gasteiger partial charge in [0.2, 0.25) is 0 Å². The summed E-state index contributed by atoms with van der Waals surface area (Å²) in [6.07, 6.45) is 0. The number of halogens is 3. The molecule has 0 saturated heterocycles. The van der Waals surface area contributed by atoms with E-state index in [0.29, 0.717) is 23.1 Å². The molecule has 0 amide bonds.